The van der Waals surface area contributed by atoms with Gasteiger partial charge < -0.3 is 5.21 Å². The van der Waals surface area contributed by atoms with Crippen molar-refractivity contribution in [2.75, 3.05) is 0 Å². The van der Waals surface area contributed by atoms with Crippen LogP contribution in [0.4, 0.5) is 0 Å². The first-order valence-electron chi connectivity index (χ1n) is 7.06. The fourth-order valence-electron chi connectivity index (χ4n) is 2.23. The topological polar surface area (TPSA) is 45.5 Å². The SMILES string of the molecule is O/N=C/c1cccc(CCCCCc2ccccc2)n1. The number of hydrogen-bond acceptors (Lipinski definition) is 3. The van der Waals surface area contributed by atoms with Crippen molar-refractivity contribution in [3.05, 3.63) is 65.5 Å². The summed E-state index contributed by atoms with van der Waals surface area (Å²) in [5.74, 6) is 0. The molecule has 0 fully saturated rings. The van der Waals surface area contributed by atoms with Crippen molar-refractivity contribution >= 4 is 6.21 Å². The second-order valence-corrected chi connectivity index (χ2v) is 4.84. The third-order valence-corrected chi connectivity index (χ3v) is 3.26. The van der Waals surface area contributed by atoms with Crippen LogP contribution in [0.25, 0.3) is 0 Å². The Morgan fingerprint density at radius 2 is 1.70 bits per heavy atom. The summed E-state index contributed by atoms with van der Waals surface area (Å²) in [5, 5.41) is 11.5. The Kier molecular flexibility index (Phi) is 5.77. The average molecular weight is 268 g/mol. The lowest BCUT2D eigenvalue weighted by atomic mass is 10.1. The van der Waals surface area contributed by atoms with Crippen LogP contribution in [-0.2, 0) is 12.8 Å². The van der Waals surface area contributed by atoms with Gasteiger partial charge in [-0.2, -0.15) is 0 Å². The number of benzene rings is 1. The highest BCUT2D eigenvalue weighted by molar-refractivity contribution is 5.76. The minimum absolute atomic E-state index is 0.703. The highest BCUT2D eigenvalue weighted by atomic mass is 16.4. The van der Waals surface area contributed by atoms with Crippen LogP contribution in [0.2, 0.25) is 0 Å². The Morgan fingerprint density at radius 1 is 0.900 bits per heavy atom. The van der Waals surface area contributed by atoms with E-state index in [2.05, 4.69) is 40.5 Å². The summed E-state index contributed by atoms with van der Waals surface area (Å²) in [7, 11) is 0. The highest BCUT2D eigenvalue weighted by Crippen LogP contribution is 2.09. The van der Waals surface area contributed by atoms with Gasteiger partial charge in [0.05, 0.1) is 11.9 Å². The van der Waals surface area contributed by atoms with Crippen molar-refractivity contribution < 1.29 is 5.21 Å². The van der Waals surface area contributed by atoms with E-state index in [4.69, 9.17) is 5.21 Å². The van der Waals surface area contributed by atoms with Crippen LogP contribution >= 0.6 is 0 Å². The van der Waals surface area contributed by atoms with Gasteiger partial charge in [-0.1, -0.05) is 48.0 Å². The van der Waals surface area contributed by atoms with Gasteiger partial charge in [-0.05, 0) is 43.4 Å². The molecule has 0 saturated carbocycles. The molecule has 3 nitrogen and oxygen atoms in total. The molecule has 0 aliphatic carbocycles. The van der Waals surface area contributed by atoms with Gasteiger partial charge in [0.2, 0.25) is 0 Å². The molecule has 0 atom stereocenters. The lowest BCUT2D eigenvalue weighted by molar-refractivity contribution is 0.321. The first-order chi connectivity index (χ1) is 9.88. The van der Waals surface area contributed by atoms with Gasteiger partial charge >= 0.3 is 0 Å². The van der Waals surface area contributed by atoms with E-state index < -0.39 is 0 Å². The third-order valence-electron chi connectivity index (χ3n) is 3.26. The molecule has 0 amide bonds. The first-order valence-corrected chi connectivity index (χ1v) is 7.06. The molecule has 1 N–H and O–H groups in total. The molecular formula is C17H20N2O. The van der Waals surface area contributed by atoms with Crippen LogP contribution in [0.3, 0.4) is 0 Å². The highest BCUT2D eigenvalue weighted by Gasteiger charge is 1.98. The largest absolute Gasteiger partial charge is 0.411 e. The average Bonchev–Trinajstić information content (AvgIpc) is 2.49. The van der Waals surface area contributed by atoms with Crippen molar-refractivity contribution in [1.82, 2.24) is 4.98 Å². The second-order valence-electron chi connectivity index (χ2n) is 4.84. The molecule has 0 unspecified atom stereocenters. The number of aryl methyl sites for hydroxylation is 2. The zero-order chi connectivity index (χ0) is 14.0. The first kappa shape index (κ1) is 14.3. The van der Waals surface area contributed by atoms with E-state index in [1.807, 2.05) is 18.2 Å². The Balaban J connectivity index is 1.69. The standard InChI is InChI=1S/C17H20N2O/c20-18-14-17-13-7-12-16(19-17)11-6-2-5-10-15-8-3-1-4-9-15/h1,3-4,7-9,12-14,20H,2,5-6,10-11H2/b18-14+. The van der Waals surface area contributed by atoms with Crippen molar-refractivity contribution in [1.29, 1.82) is 0 Å². The summed E-state index contributed by atoms with van der Waals surface area (Å²) in [6.45, 7) is 0. The van der Waals surface area contributed by atoms with E-state index >= 15 is 0 Å². The minimum atomic E-state index is 0.703. The number of oxime groups is 1. The summed E-state index contributed by atoms with van der Waals surface area (Å²) in [6.07, 6.45) is 7.03. The molecule has 0 radical (unpaired) electrons. The van der Waals surface area contributed by atoms with Crippen LogP contribution in [0.15, 0.2) is 53.7 Å². The maximum Gasteiger partial charge on any atom is 0.0918 e. The molecule has 1 aromatic heterocycles. The summed E-state index contributed by atoms with van der Waals surface area (Å²) in [4.78, 5) is 4.41. The van der Waals surface area contributed by atoms with Crippen LogP contribution < -0.4 is 0 Å². The van der Waals surface area contributed by atoms with Crippen molar-refractivity contribution in [3.8, 4) is 0 Å². The maximum atomic E-state index is 8.49. The number of nitrogens with zero attached hydrogens (tertiary/aromatic N) is 2. The fourth-order valence-corrected chi connectivity index (χ4v) is 2.23. The van der Waals surface area contributed by atoms with Crippen LogP contribution in [0, 0.1) is 0 Å². The molecule has 0 bridgehead atoms. The second kappa shape index (κ2) is 8.10. The minimum Gasteiger partial charge on any atom is -0.411 e. The number of unbranched alkanes of at least 4 members (excludes halogenated alkanes) is 2. The quantitative estimate of drug-likeness (QED) is 0.359. The molecule has 0 saturated heterocycles. The van der Waals surface area contributed by atoms with E-state index in [9.17, 15) is 0 Å². The number of aromatic nitrogens is 1. The molecule has 0 aliphatic heterocycles. The molecule has 0 aliphatic rings. The van der Waals surface area contributed by atoms with Crippen molar-refractivity contribution in [2.45, 2.75) is 32.1 Å². The van der Waals surface area contributed by atoms with Crippen molar-refractivity contribution in [2.24, 2.45) is 5.16 Å². The van der Waals surface area contributed by atoms with Gasteiger partial charge in [-0.3, -0.25) is 4.98 Å². The van der Waals surface area contributed by atoms with Gasteiger partial charge in [-0.15, -0.1) is 0 Å². The van der Waals surface area contributed by atoms with Crippen LogP contribution in [-0.4, -0.2) is 16.4 Å². The van der Waals surface area contributed by atoms with Crippen LogP contribution in [0.5, 0.6) is 0 Å². The normalized spacial score (nSPS) is 11.0. The molecule has 104 valence electrons. The van der Waals surface area contributed by atoms with E-state index in [1.54, 1.807) is 0 Å². The van der Waals surface area contributed by atoms with E-state index in [1.165, 1.54) is 24.6 Å². The van der Waals surface area contributed by atoms with Crippen molar-refractivity contribution in [3.63, 3.8) is 0 Å². The molecule has 3 heteroatoms. The predicted molar refractivity (Wildman–Crippen MR) is 81.3 cm³/mol. The summed E-state index contributed by atoms with van der Waals surface area (Å²) in [6, 6.07) is 16.4. The Bertz CT molecular complexity index is 538. The monoisotopic (exact) mass is 268 g/mol. The molecular weight excluding hydrogens is 248 g/mol. The predicted octanol–water partition coefficient (Wildman–Crippen LogP) is 3.85. The summed E-state index contributed by atoms with van der Waals surface area (Å²) < 4.78 is 0. The maximum absolute atomic E-state index is 8.49. The number of pyridine rings is 1. The summed E-state index contributed by atoms with van der Waals surface area (Å²) in [5.41, 5.74) is 3.17. The van der Waals surface area contributed by atoms with E-state index in [-0.39, 0.29) is 0 Å². The third kappa shape index (κ3) is 4.84. The van der Waals surface area contributed by atoms with Gasteiger partial charge in [0, 0.05) is 5.69 Å². The van der Waals surface area contributed by atoms with E-state index in [0.29, 0.717) is 5.69 Å². The zero-order valence-corrected chi connectivity index (χ0v) is 11.6. The van der Waals surface area contributed by atoms with Gasteiger partial charge in [0.1, 0.15) is 0 Å². The van der Waals surface area contributed by atoms with Crippen LogP contribution in [0.1, 0.15) is 36.2 Å². The molecule has 1 heterocycles. The fraction of sp³-hybridized carbons (Fsp3) is 0.294. The van der Waals surface area contributed by atoms with E-state index in [0.717, 1.165) is 25.0 Å². The molecule has 0 spiro atoms. The smallest absolute Gasteiger partial charge is 0.0918 e. The number of rotatable bonds is 7. The molecule has 1 aromatic carbocycles. The van der Waals surface area contributed by atoms with Gasteiger partial charge in [-0.25, -0.2) is 0 Å². The number of hydrogen-bond donors (Lipinski definition) is 1. The lowest BCUT2D eigenvalue weighted by Gasteiger charge is -2.03. The molecule has 20 heavy (non-hydrogen) atoms. The zero-order valence-electron chi connectivity index (χ0n) is 11.6. The molecule has 2 aromatic rings. The Hall–Kier alpha value is -2.16. The van der Waals surface area contributed by atoms with Gasteiger partial charge in [0.25, 0.3) is 0 Å². The van der Waals surface area contributed by atoms with Gasteiger partial charge in [0.15, 0.2) is 0 Å². The Morgan fingerprint density at radius 3 is 2.50 bits per heavy atom. The Labute approximate surface area is 120 Å². The lowest BCUT2D eigenvalue weighted by Crippen LogP contribution is -1.95. The summed E-state index contributed by atoms with van der Waals surface area (Å²) >= 11 is 0. The molecule has 2 rings (SSSR count).